The number of carboxylic acids is 1. The third kappa shape index (κ3) is 2.35. The lowest BCUT2D eigenvalue weighted by Gasteiger charge is -2.37. The van der Waals surface area contributed by atoms with E-state index in [1.807, 2.05) is 19.1 Å². The molecule has 0 amide bonds. The van der Waals surface area contributed by atoms with Crippen LogP contribution in [0, 0.1) is 23.2 Å². The van der Waals surface area contributed by atoms with Crippen molar-refractivity contribution in [2.45, 2.75) is 52.4 Å². The van der Waals surface area contributed by atoms with Crippen LogP contribution in [0.3, 0.4) is 0 Å². The molecule has 0 saturated heterocycles. The van der Waals surface area contributed by atoms with E-state index >= 15 is 0 Å². The summed E-state index contributed by atoms with van der Waals surface area (Å²) in [6.45, 7) is 3.39. The van der Waals surface area contributed by atoms with Crippen LogP contribution in [0.2, 0.25) is 0 Å². The third-order valence-electron chi connectivity index (χ3n) is 5.32. The Balaban J connectivity index is 2.26. The quantitative estimate of drug-likeness (QED) is 0.590. The summed E-state index contributed by atoms with van der Waals surface area (Å²) in [6, 6.07) is 0. The number of ketones is 1. The Morgan fingerprint density at radius 1 is 1.32 bits per heavy atom. The van der Waals surface area contributed by atoms with Crippen molar-refractivity contribution < 1.29 is 14.7 Å². The summed E-state index contributed by atoms with van der Waals surface area (Å²) in [6.07, 6.45) is 9.43. The Labute approximate surface area is 115 Å². The molecule has 0 spiro atoms. The Hall–Kier alpha value is -1.12. The van der Waals surface area contributed by atoms with E-state index in [-0.39, 0.29) is 11.7 Å². The zero-order valence-electron chi connectivity index (χ0n) is 11.9. The minimum Gasteiger partial charge on any atom is -0.480 e. The molecule has 2 bridgehead atoms. The summed E-state index contributed by atoms with van der Waals surface area (Å²) >= 11 is 0. The van der Waals surface area contributed by atoms with Crippen LogP contribution in [0.5, 0.6) is 0 Å². The van der Waals surface area contributed by atoms with Gasteiger partial charge in [-0.1, -0.05) is 18.6 Å². The van der Waals surface area contributed by atoms with E-state index in [2.05, 4.69) is 0 Å². The second kappa shape index (κ2) is 5.48. The summed E-state index contributed by atoms with van der Waals surface area (Å²) in [5.74, 6) is 0.126. The number of hydrogen-bond donors (Lipinski definition) is 1. The molecule has 0 aromatic rings. The highest BCUT2D eigenvalue weighted by molar-refractivity contribution is 6.02. The van der Waals surface area contributed by atoms with Crippen LogP contribution in [0.4, 0.5) is 0 Å². The van der Waals surface area contributed by atoms with Gasteiger partial charge < -0.3 is 5.11 Å². The van der Waals surface area contributed by atoms with Crippen LogP contribution in [0.25, 0.3) is 0 Å². The summed E-state index contributed by atoms with van der Waals surface area (Å²) in [5, 5.41) is 9.74. The van der Waals surface area contributed by atoms with Gasteiger partial charge >= 0.3 is 5.97 Å². The predicted octanol–water partition coefficient (Wildman–Crippen LogP) is 3.44. The fourth-order valence-electron chi connectivity index (χ4n) is 4.36. The van der Waals surface area contributed by atoms with Crippen molar-refractivity contribution in [3.63, 3.8) is 0 Å². The van der Waals surface area contributed by atoms with E-state index in [1.54, 1.807) is 0 Å². The molecule has 0 aromatic heterocycles. The van der Waals surface area contributed by atoms with Crippen molar-refractivity contribution in [2.24, 2.45) is 23.2 Å². The molecule has 106 valence electrons. The maximum Gasteiger partial charge on any atom is 0.317 e. The number of aliphatic carboxylic acids is 1. The average molecular weight is 264 g/mol. The van der Waals surface area contributed by atoms with Gasteiger partial charge in [0.25, 0.3) is 0 Å². The van der Waals surface area contributed by atoms with Gasteiger partial charge in [0.05, 0.1) is 0 Å². The molecular formula is C16H24O3. The molecule has 19 heavy (non-hydrogen) atoms. The molecule has 1 unspecified atom stereocenters. The van der Waals surface area contributed by atoms with Crippen LogP contribution in [-0.4, -0.2) is 16.9 Å². The molecule has 0 aromatic carbocycles. The van der Waals surface area contributed by atoms with Gasteiger partial charge in [-0.2, -0.15) is 0 Å². The molecule has 2 aliphatic rings. The van der Waals surface area contributed by atoms with Gasteiger partial charge in [0.1, 0.15) is 11.2 Å². The van der Waals surface area contributed by atoms with Crippen LogP contribution in [-0.2, 0) is 9.59 Å². The lowest BCUT2D eigenvalue weighted by Crippen LogP contribution is -2.46. The number of fused-ring (bicyclic) bond motifs is 2. The molecule has 3 heteroatoms. The number of rotatable bonds is 6. The topological polar surface area (TPSA) is 54.4 Å². The van der Waals surface area contributed by atoms with Crippen LogP contribution < -0.4 is 0 Å². The molecule has 4 atom stereocenters. The highest BCUT2D eigenvalue weighted by Crippen LogP contribution is 2.56. The van der Waals surface area contributed by atoms with Gasteiger partial charge in [0.2, 0.25) is 0 Å². The van der Waals surface area contributed by atoms with Gasteiger partial charge in [0.15, 0.2) is 0 Å². The van der Waals surface area contributed by atoms with Gasteiger partial charge in [-0.25, -0.2) is 0 Å². The summed E-state index contributed by atoms with van der Waals surface area (Å²) < 4.78 is 0. The van der Waals surface area contributed by atoms with Crippen molar-refractivity contribution in [2.75, 3.05) is 0 Å². The van der Waals surface area contributed by atoms with Crippen molar-refractivity contribution in [1.82, 2.24) is 0 Å². The van der Waals surface area contributed by atoms with Crippen LogP contribution in [0.1, 0.15) is 52.4 Å². The maximum atomic E-state index is 12.2. The van der Waals surface area contributed by atoms with E-state index in [0.717, 1.165) is 19.3 Å². The van der Waals surface area contributed by atoms with Gasteiger partial charge in [-0.05, 0) is 63.7 Å². The van der Waals surface area contributed by atoms with Crippen molar-refractivity contribution in [3.8, 4) is 0 Å². The first kappa shape index (κ1) is 14.3. The first-order valence-electron chi connectivity index (χ1n) is 7.38. The van der Waals surface area contributed by atoms with E-state index in [9.17, 15) is 14.7 Å². The zero-order valence-corrected chi connectivity index (χ0v) is 11.9. The van der Waals surface area contributed by atoms with E-state index < -0.39 is 11.4 Å². The lowest BCUT2D eigenvalue weighted by atomic mass is 9.63. The van der Waals surface area contributed by atoms with Crippen molar-refractivity contribution in [3.05, 3.63) is 12.2 Å². The normalized spacial score (nSPS) is 32.6. The molecule has 2 fully saturated rings. The number of carbonyl (C=O) groups excluding carboxylic acids is 1. The highest BCUT2D eigenvalue weighted by Gasteiger charge is 2.56. The molecule has 2 aliphatic carbocycles. The molecule has 1 N–H and O–H groups in total. The largest absolute Gasteiger partial charge is 0.480 e. The van der Waals surface area contributed by atoms with Gasteiger partial charge in [-0.15, -0.1) is 0 Å². The Morgan fingerprint density at radius 2 is 2.05 bits per heavy atom. The minimum absolute atomic E-state index is 0.0616. The fraction of sp³-hybridized carbons (Fsp3) is 0.750. The molecule has 0 heterocycles. The zero-order chi connectivity index (χ0) is 14.0. The SMILES string of the molecule is CC=CCCC(C(C)=O)(C(=O)O)[C@@H]1C[C@H]2CC[C@@H]1C2. The number of allylic oxidation sites excluding steroid dienone is 2. The number of carboxylic acid groups (broad SMARTS) is 1. The summed E-state index contributed by atoms with van der Waals surface area (Å²) in [4.78, 5) is 24.0. The first-order chi connectivity index (χ1) is 9.02. The second-order valence-corrected chi connectivity index (χ2v) is 6.22. The van der Waals surface area contributed by atoms with Gasteiger partial charge in [0, 0.05) is 0 Å². The second-order valence-electron chi connectivity index (χ2n) is 6.22. The van der Waals surface area contributed by atoms with E-state index in [4.69, 9.17) is 0 Å². The monoisotopic (exact) mass is 264 g/mol. The third-order valence-corrected chi connectivity index (χ3v) is 5.32. The lowest BCUT2D eigenvalue weighted by molar-refractivity contribution is -0.160. The molecule has 0 radical (unpaired) electrons. The Kier molecular flexibility index (Phi) is 4.12. The fourth-order valence-corrected chi connectivity index (χ4v) is 4.36. The molecule has 3 nitrogen and oxygen atoms in total. The van der Waals surface area contributed by atoms with E-state index in [0.29, 0.717) is 24.7 Å². The number of carbonyl (C=O) groups is 2. The molecule has 2 saturated carbocycles. The standard InChI is InChI=1S/C16H24O3/c1-3-4-5-8-16(11(2)17,15(18)19)14-10-12-6-7-13(14)9-12/h3-4,12-14H,5-10H2,1-2H3,(H,18,19)/t12-,13+,14+,16?/m0/s1. The first-order valence-corrected chi connectivity index (χ1v) is 7.38. The van der Waals surface area contributed by atoms with Crippen molar-refractivity contribution >= 4 is 11.8 Å². The molecule has 0 aliphatic heterocycles. The van der Waals surface area contributed by atoms with Crippen LogP contribution >= 0.6 is 0 Å². The molecular weight excluding hydrogens is 240 g/mol. The predicted molar refractivity (Wildman–Crippen MR) is 73.7 cm³/mol. The number of hydrogen-bond acceptors (Lipinski definition) is 2. The highest BCUT2D eigenvalue weighted by atomic mass is 16.4. The summed E-state index contributed by atoms with van der Waals surface area (Å²) in [5.41, 5.74) is -1.14. The molecule has 2 rings (SSSR count). The van der Waals surface area contributed by atoms with Crippen molar-refractivity contribution in [1.29, 1.82) is 0 Å². The smallest absolute Gasteiger partial charge is 0.317 e. The van der Waals surface area contributed by atoms with Gasteiger partial charge in [-0.3, -0.25) is 9.59 Å². The van der Waals surface area contributed by atoms with Crippen LogP contribution in [0.15, 0.2) is 12.2 Å². The summed E-state index contributed by atoms with van der Waals surface area (Å²) in [7, 11) is 0. The minimum atomic E-state index is -1.14. The Bertz CT molecular complexity index is 383. The number of Topliss-reactive ketones (excluding diaryl/α,β-unsaturated/α-hetero) is 1. The average Bonchev–Trinajstić information content (AvgIpc) is 2.96. The Morgan fingerprint density at radius 3 is 2.47 bits per heavy atom. The van der Waals surface area contributed by atoms with E-state index in [1.165, 1.54) is 13.3 Å². The maximum absolute atomic E-state index is 12.2.